The maximum atomic E-state index is 12.5. The third-order valence-electron chi connectivity index (χ3n) is 4.33. The molecule has 0 saturated carbocycles. The van der Waals surface area contributed by atoms with E-state index in [-0.39, 0.29) is 18.2 Å². The molecule has 9 heteroatoms. The van der Waals surface area contributed by atoms with E-state index in [1.165, 1.54) is 11.3 Å². The highest BCUT2D eigenvalue weighted by Crippen LogP contribution is 2.36. The van der Waals surface area contributed by atoms with Gasteiger partial charge < -0.3 is 19.7 Å². The number of amides is 2. The Bertz CT molecular complexity index is 853. The van der Waals surface area contributed by atoms with E-state index >= 15 is 0 Å². The number of ether oxygens (including phenoxy) is 2. The number of carbonyl (C=O) groups is 2. The summed E-state index contributed by atoms with van der Waals surface area (Å²) in [6.07, 6.45) is 0.938. The van der Waals surface area contributed by atoms with Crippen molar-refractivity contribution in [3.05, 3.63) is 23.2 Å². The first-order valence-electron chi connectivity index (χ1n) is 8.47. The Kier molecular flexibility index (Phi) is 4.46. The number of benzene rings is 1. The zero-order valence-corrected chi connectivity index (χ0v) is 15.0. The minimum atomic E-state index is -0.426. The Morgan fingerprint density at radius 2 is 2.12 bits per heavy atom. The molecule has 1 N–H and O–H groups in total. The van der Waals surface area contributed by atoms with E-state index in [4.69, 9.17) is 9.47 Å². The van der Waals surface area contributed by atoms with Gasteiger partial charge in [-0.1, -0.05) is 18.3 Å². The zero-order valence-electron chi connectivity index (χ0n) is 14.2. The minimum absolute atomic E-state index is 0.0895. The number of nitrogens with one attached hydrogen (secondary N) is 1. The standard InChI is InChI=1S/C17H18N4O4S/c1-2-14-19-20-17(26-14)18-16(23)10-7-15(22)21(9-10)11-3-4-12-13(8-11)25-6-5-24-12/h3-4,8,10H,2,5-7,9H2,1H3,(H,18,20,23)/t10-/m1/s1. The normalized spacial score (nSPS) is 18.9. The number of fused-ring (bicyclic) bond motifs is 1. The number of aromatic nitrogens is 2. The van der Waals surface area contributed by atoms with Crippen LogP contribution >= 0.6 is 11.3 Å². The van der Waals surface area contributed by atoms with Gasteiger partial charge in [-0.25, -0.2) is 0 Å². The fourth-order valence-corrected chi connectivity index (χ4v) is 3.67. The van der Waals surface area contributed by atoms with Crippen LogP contribution in [0, 0.1) is 5.92 Å². The SMILES string of the molecule is CCc1nnc(NC(=O)[C@@H]2CC(=O)N(c3ccc4c(c3)OCCO4)C2)s1. The molecule has 2 aliphatic heterocycles. The second-order valence-electron chi connectivity index (χ2n) is 6.08. The van der Waals surface area contributed by atoms with Crippen molar-refractivity contribution in [1.29, 1.82) is 0 Å². The first-order chi connectivity index (χ1) is 12.6. The van der Waals surface area contributed by atoms with Crippen LogP contribution in [-0.4, -0.2) is 41.8 Å². The number of hydrogen-bond donors (Lipinski definition) is 1. The quantitative estimate of drug-likeness (QED) is 0.878. The van der Waals surface area contributed by atoms with Gasteiger partial charge >= 0.3 is 0 Å². The molecule has 1 atom stereocenters. The first-order valence-corrected chi connectivity index (χ1v) is 9.29. The number of rotatable bonds is 4. The van der Waals surface area contributed by atoms with Crippen LogP contribution in [0.4, 0.5) is 10.8 Å². The Balaban J connectivity index is 1.45. The van der Waals surface area contributed by atoms with Crippen LogP contribution in [0.2, 0.25) is 0 Å². The molecule has 1 aromatic carbocycles. The highest BCUT2D eigenvalue weighted by molar-refractivity contribution is 7.15. The summed E-state index contributed by atoms with van der Waals surface area (Å²) in [5.41, 5.74) is 0.707. The molecule has 1 fully saturated rings. The lowest BCUT2D eigenvalue weighted by molar-refractivity contribution is -0.122. The molecule has 2 aliphatic rings. The summed E-state index contributed by atoms with van der Waals surface area (Å²) >= 11 is 1.35. The molecular weight excluding hydrogens is 356 g/mol. The van der Waals surface area contributed by atoms with Crippen LogP contribution in [0.3, 0.4) is 0 Å². The molecule has 0 bridgehead atoms. The lowest BCUT2D eigenvalue weighted by Gasteiger charge is -2.22. The van der Waals surface area contributed by atoms with Crippen molar-refractivity contribution in [3.8, 4) is 11.5 Å². The molecule has 0 spiro atoms. The van der Waals surface area contributed by atoms with Crippen molar-refractivity contribution in [2.24, 2.45) is 5.92 Å². The zero-order chi connectivity index (χ0) is 18.1. The summed E-state index contributed by atoms with van der Waals surface area (Å²) in [7, 11) is 0. The van der Waals surface area contributed by atoms with Crippen molar-refractivity contribution in [1.82, 2.24) is 10.2 Å². The van der Waals surface area contributed by atoms with Crippen LogP contribution in [0.1, 0.15) is 18.4 Å². The summed E-state index contributed by atoms with van der Waals surface area (Å²) in [6.45, 7) is 3.30. The number of carbonyl (C=O) groups excluding carboxylic acids is 2. The number of nitrogens with zero attached hydrogens (tertiary/aromatic N) is 3. The highest BCUT2D eigenvalue weighted by atomic mass is 32.1. The van der Waals surface area contributed by atoms with Gasteiger partial charge in [-0.2, -0.15) is 0 Å². The van der Waals surface area contributed by atoms with E-state index in [0.717, 1.165) is 11.4 Å². The Hall–Kier alpha value is -2.68. The molecule has 0 radical (unpaired) electrons. The van der Waals surface area contributed by atoms with Gasteiger partial charge in [0.05, 0.1) is 5.92 Å². The van der Waals surface area contributed by atoms with Gasteiger partial charge in [0.2, 0.25) is 16.9 Å². The predicted molar refractivity (Wildman–Crippen MR) is 95.8 cm³/mol. The van der Waals surface area contributed by atoms with Gasteiger partial charge in [-0.3, -0.25) is 9.59 Å². The van der Waals surface area contributed by atoms with Crippen LogP contribution in [-0.2, 0) is 16.0 Å². The average molecular weight is 374 g/mol. The number of aryl methyl sites for hydroxylation is 1. The average Bonchev–Trinajstić information content (AvgIpc) is 3.27. The molecule has 1 aromatic heterocycles. The van der Waals surface area contributed by atoms with Crippen molar-refractivity contribution in [2.45, 2.75) is 19.8 Å². The van der Waals surface area contributed by atoms with Gasteiger partial charge in [0.1, 0.15) is 18.2 Å². The summed E-state index contributed by atoms with van der Waals surface area (Å²) < 4.78 is 11.1. The van der Waals surface area contributed by atoms with Crippen LogP contribution in [0.15, 0.2) is 18.2 Å². The van der Waals surface area contributed by atoms with Crippen molar-refractivity contribution >= 4 is 34.0 Å². The van der Waals surface area contributed by atoms with E-state index in [9.17, 15) is 9.59 Å². The fourth-order valence-electron chi connectivity index (χ4n) is 2.99. The maximum absolute atomic E-state index is 12.5. The molecule has 1 saturated heterocycles. The van der Waals surface area contributed by atoms with E-state index in [2.05, 4.69) is 15.5 Å². The van der Waals surface area contributed by atoms with Crippen molar-refractivity contribution < 1.29 is 19.1 Å². The largest absolute Gasteiger partial charge is 0.486 e. The minimum Gasteiger partial charge on any atom is -0.486 e. The fraction of sp³-hybridized carbons (Fsp3) is 0.412. The monoisotopic (exact) mass is 374 g/mol. The van der Waals surface area contributed by atoms with Crippen molar-refractivity contribution in [2.75, 3.05) is 30.0 Å². The van der Waals surface area contributed by atoms with Gasteiger partial charge in [0.25, 0.3) is 0 Å². The molecule has 8 nitrogen and oxygen atoms in total. The maximum Gasteiger partial charge on any atom is 0.231 e. The molecule has 26 heavy (non-hydrogen) atoms. The molecule has 0 aliphatic carbocycles. The van der Waals surface area contributed by atoms with Crippen LogP contribution in [0.25, 0.3) is 0 Å². The Labute approximate surface area is 154 Å². The number of anilines is 2. The molecule has 4 rings (SSSR count). The third-order valence-corrected chi connectivity index (χ3v) is 5.32. The molecule has 2 aromatic rings. The molecule has 136 valence electrons. The van der Waals surface area contributed by atoms with Gasteiger partial charge in [0, 0.05) is 24.7 Å². The summed E-state index contributed by atoms with van der Waals surface area (Å²) in [5, 5.41) is 12.0. The summed E-state index contributed by atoms with van der Waals surface area (Å²) in [4.78, 5) is 26.5. The van der Waals surface area contributed by atoms with Crippen LogP contribution in [0.5, 0.6) is 11.5 Å². The van der Waals surface area contributed by atoms with Gasteiger partial charge in [-0.15, -0.1) is 10.2 Å². The number of hydrogen-bond acceptors (Lipinski definition) is 7. The van der Waals surface area contributed by atoms with E-state index < -0.39 is 5.92 Å². The Morgan fingerprint density at radius 1 is 1.31 bits per heavy atom. The second-order valence-corrected chi connectivity index (χ2v) is 7.14. The van der Waals surface area contributed by atoms with Gasteiger partial charge in [-0.05, 0) is 18.6 Å². The summed E-state index contributed by atoms with van der Waals surface area (Å²) in [5.74, 6) is 0.564. The predicted octanol–water partition coefficient (Wildman–Crippen LogP) is 1.86. The molecule has 0 unspecified atom stereocenters. The molecule has 2 amide bonds. The smallest absolute Gasteiger partial charge is 0.231 e. The lowest BCUT2D eigenvalue weighted by atomic mass is 10.1. The van der Waals surface area contributed by atoms with Crippen molar-refractivity contribution in [3.63, 3.8) is 0 Å². The highest BCUT2D eigenvalue weighted by Gasteiger charge is 2.36. The first kappa shape index (κ1) is 16.8. The van der Waals surface area contributed by atoms with E-state index in [1.54, 1.807) is 17.0 Å². The topological polar surface area (TPSA) is 93.7 Å². The van der Waals surface area contributed by atoms with Crippen LogP contribution < -0.4 is 19.7 Å². The van der Waals surface area contributed by atoms with E-state index in [1.807, 2.05) is 13.0 Å². The van der Waals surface area contributed by atoms with E-state index in [0.29, 0.717) is 42.1 Å². The van der Waals surface area contributed by atoms with Gasteiger partial charge in [0.15, 0.2) is 11.5 Å². The molecular formula is C17H18N4O4S. The molecule has 3 heterocycles. The Morgan fingerprint density at radius 3 is 2.88 bits per heavy atom. The lowest BCUT2D eigenvalue weighted by Crippen LogP contribution is -2.28. The second kappa shape index (κ2) is 6.91. The summed E-state index contributed by atoms with van der Waals surface area (Å²) in [6, 6.07) is 5.38. The third kappa shape index (κ3) is 3.22.